The third kappa shape index (κ3) is 3.64. The molecule has 150 valence electrons. The number of aromatic nitrogens is 3. The molecular formula is C21H23N5O2S. The molecular weight excluding hydrogens is 386 g/mol. The quantitative estimate of drug-likeness (QED) is 0.659. The Balaban J connectivity index is 1.31. The maximum Gasteiger partial charge on any atom is 0.273 e. The summed E-state index contributed by atoms with van der Waals surface area (Å²) in [5.41, 5.74) is 2.56. The van der Waals surface area contributed by atoms with Crippen LogP contribution in [0.1, 0.15) is 34.8 Å². The summed E-state index contributed by atoms with van der Waals surface area (Å²) in [6.45, 7) is 4.86. The van der Waals surface area contributed by atoms with Crippen LogP contribution >= 0.6 is 11.3 Å². The summed E-state index contributed by atoms with van der Waals surface area (Å²) in [7, 11) is 0. The molecule has 0 N–H and O–H groups in total. The highest BCUT2D eigenvalue weighted by atomic mass is 32.1. The molecule has 0 atom stereocenters. The van der Waals surface area contributed by atoms with Gasteiger partial charge in [0.2, 0.25) is 5.88 Å². The number of hydrogen-bond acceptors (Lipinski definition) is 7. The topological polar surface area (TPSA) is 71.5 Å². The number of thiazole rings is 1. The van der Waals surface area contributed by atoms with Crippen molar-refractivity contribution < 1.29 is 9.53 Å². The van der Waals surface area contributed by atoms with Gasteiger partial charge in [-0.25, -0.2) is 15.0 Å². The molecule has 5 rings (SSSR count). The van der Waals surface area contributed by atoms with Gasteiger partial charge in [0.1, 0.15) is 18.1 Å². The van der Waals surface area contributed by atoms with Crippen LogP contribution in [-0.2, 0) is 0 Å². The normalized spacial score (nSPS) is 17.4. The van der Waals surface area contributed by atoms with E-state index in [9.17, 15) is 4.79 Å². The molecule has 0 spiro atoms. The van der Waals surface area contributed by atoms with Gasteiger partial charge in [0.15, 0.2) is 0 Å². The number of anilines is 1. The van der Waals surface area contributed by atoms with E-state index < -0.39 is 0 Å². The Hall–Kier alpha value is -2.74. The Morgan fingerprint density at radius 3 is 2.69 bits per heavy atom. The van der Waals surface area contributed by atoms with E-state index in [2.05, 4.69) is 32.0 Å². The summed E-state index contributed by atoms with van der Waals surface area (Å²) in [5, 5.41) is 3.72. The minimum Gasteiger partial charge on any atom is -0.474 e. The number of hydrogen-bond donors (Lipinski definition) is 0. The van der Waals surface area contributed by atoms with Gasteiger partial charge in [-0.05, 0) is 44.4 Å². The fourth-order valence-electron chi connectivity index (χ4n) is 3.75. The van der Waals surface area contributed by atoms with E-state index in [1.54, 1.807) is 6.33 Å². The van der Waals surface area contributed by atoms with Crippen LogP contribution < -0.4 is 9.64 Å². The molecule has 29 heavy (non-hydrogen) atoms. The number of carbonyl (C=O) groups is 1. The molecule has 1 aromatic carbocycles. The van der Waals surface area contributed by atoms with Gasteiger partial charge < -0.3 is 14.5 Å². The number of amides is 1. The Bertz CT molecular complexity index is 1040. The summed E-state index contributed by atoms with van der Waals surface area (Å²) < 4.78 is 6.08. The van der Waals surface area contributed by atoms with Crippen LogP contribution in [0.25, 0.3) is 10.9 Å². The van der Waals surface area contributed by atoms with Gasteiger partial charge in [0, 0.05) is 37.2 Å². The molecule has 1 amide bonds. The first-order chi connectivity index (χ1) is 14.2. The van der Waals surface area contributed by atoms with Crippen molar-refractivity contribution in [3.05, 3.63) is 40.6 Å². The minimum absolute atomic E-state index is 0.0251. The largest absolute Gasteiger partial charge is 0.474 e. The molecule has 1 aliphatic carbocycles. The molecule has 2 fully saturated rings. The fraction of sp³-hybridized carbons (Fsp3) is 0.429. The zero-order valence-electron chi connectivity index (χ0n) is 16.4. The van der Waals surface area contributed by atoms with Crippen LogP contribution in [-0.4, -0.2) is 58.0 Å². The number of piperazine rings is 1. The second kappa shape index (κ2) is 7.59. The summed E-state index contributed by atoms with van der Waals surface area (Å²) >= 11 is 1.51. The maximum atomic E-state index is 12.6. The van der Waals surface area contributed by atoms with Crippen LogP contribution in [0, 0.1) is 6.92 Å². The molecule has 1 saturated carbocycles. The van der Waals surface area contributed by atoms with Gasteiger partial charge in [-0.2, -0.15) is 0 Å². The lowest BCUT2D eigenvalue weighted by molar-refractivity contribution is 0.0741. The first-order valence-electron chi connectivity index (χ1n) is 10.0. The van der Waals surface area contributed by atoms with Gasteiger partial charge in [0.25, 0.3) is 5.91 Å². The second-order valence-electron chi connectivity index (χ2n) is 7.58. The van der Waals surface area contributed by atoms with E-state index in [0.29, 0.717) is 24.7 Å². The van der Waals surface area contributed by atoms with Crippen molar-refractivity contribution in [3.8, 4) is 5.88 Å². The van der Waals surface area contributed by atoms with Gasteiger partial charge in [-0.3, -0.25) is 4.79 Å². The number of fused-ring (bicyclic) bond motifs is 1. The van der Waals surface area contributed by atoms with Gasteiger partial charge in [0.05, 0.1) is 15.9 Å². The monoisotopic (exact) mass is 409 g/mol. The Labute approximate surface area is 173 Å². The first kappa shape index (κ1) is 18.3. The number of aryl methyl sites for hydroxylation is 1. The Morgan fingerprint density at radius 1 is 1.17 bits per heavy atom. The molecule has 2 aromatic heterocycles. The minimum atomic E-state index is 0.0251. The highest BCUT2D eigenvalue weighted by Crippen LogP contribution is 2.31. The lowest BCUT2D eigenvalue weighted by Crippen LogP contribution is -2.48. The van der Waals surface area contributed by atoms with Gasteiger partial charge in [-0.1, -0.05) is 0 Å². The summed E-state index contributed by atoms with van der Waals surface area (Å²) in [4.78, 5) is 29.9. The number of ether oxygens (including phenoxy) is 1. The average Bonchev–Trinajstić information content (AvgIpc) is 3.16. The van der Waals surface area contributed by atoms with Gasteiger partial charge >= 0.3 is 0 Å². The molecule has 3 aromatic rings. The van der Waals surface area contributed by atoms with Crippen molar-refractivity contribution in [2.45, 2.75) is 32.3 Å². The molecule has 3 heterocycles. The van der Waals surface area contributed by atoms with E-state index >= 15 is 0 Å². The predicted octanol–water partition coefficient (Wildman–Crippen LogP) is 3.29. The molecule has 0 unspecified atom stereocenters. The van der Waals surface area contributed by atoms with E-state index in [0.717, 1.165) is 47.5 Å². The zero-order valence-corrected chi connectivity index (χ0v) is 17.2. The number of rotatable bonds is 4. The molecule has 8 heteroatoms. The molecule has 0 bridgehead atoms. The van der Waals surface area contributed by atoms with E-state index in [1.807, 2.05) is 23.3 Å². The Kier molecular flexibility index (Phi) is 4.79. The molecule has 1 aliphatic heterocycles. The van der Waals surface area contributed by atoms with Crippen LogP contribution in [0.15, 0.2) is 29.9 Å². The van der Waals surface area contributed by atoms with E-state index in [-0.39, 0.29) is 12.0 Å². The van der Waals surface area contributed by atoms with Gasteiger partial charge in [-0.15, -0.1) is 11.3 Å². The molecule has 1 saturated heterocycles. The highest BCUT2D eigenvalue weighted by molar-refractivity contribution is 7.09. The predicted molar refractivity (Wildman–Crippen MR) is 113 cm³/mol. The van der Waals surface area contributed by atoms with Crippen molar-refractivity contribution in [1.82, 2.24) is 19.9 Å². The maximum absolute atomic E-state index is 12.6. The van der Waals surface area contributed by atoms with E-state index in [4.69, 9.17) is 4.74 Å². The summed E-state index contributed by atoms with van der Waals surface area (Å²) in [6, 6.07) is 6.23. The third-order valence-corrected chi connectivity index (χ3v) is 6.46. The lowest BCUT2D eigenvalue weighted by atomic mass is 9.96. The van der Waals surface area contributed by atoms with Crippen molar-refractivity contribution in [2.24, 2.45) is 0 Å². The standard InChI is InChI=1S/C21H23N5O2S/c1-14-24-19(12-29-14)21(27)26-9-7-25(8-10-26)15-5-6-18-17(11-15)20(23-13-22-18)28-16-3-2-4-16/h5-6,11-13,16H,2-4,7-10H2,1H3. The van der Waals surface area contributed by atoms with Crippen molar-refractivity contribution in [1.29, 1.82) is 0 Å². The van der Waals surface area contributed by atoms with Crippen molar-refractivity contribution >= 4 is 33.8 Å². The van der Waals surface area contributed by atoms with Crippen molar-refractivity contribution in [2.75, 3.05) is 31.1 Å². The fourth-order valence-corrected chi connectivity index (χ4v) is 4.34. The summed E-state index contributed by atoms with van der Waals surface area (Å²) in [6.07, 6.45) is 5.27. The smallest absolute Gasteiger partial charge is 0.273 e. The summed E-state index contributed by atoms with van der Waals surface area (Å²) in [5.74, 6) is 0.700. The number of nitrogens with zero attached hydrogens (tertiary/aromatic N) is 5. The number of benzene rings is 1. The SMILES string of the molecule is Cc1nc(C(=O)N2CCN(c3ccc4ncnc(OC5CCC5)c4c3)CC2)cs1. The molecule has 2 aliphatic rings. The second-order valence-corrected chi connectivity index (χ2v) is 8.64. The van der Waals surface area contributed by atoms with Crippen LogP contribution in [0.3, 0.4) is 0 Å². The lowest BCUT2D eigenvalue weighted by Gasteiger charge is -2.36. The first-order valence-corrected chi connectivity index (χ1v) is 10.9. The van der Waals surface area contributed by atoms with E-state index in [1.165, 1.54) is 17.8 Å². The number of carbonyl (C=O) groups excluding carboxylic acids is 1. The van der Waals surface area contributed by atoms with Crippen LogP contribution in [0.4, 0.5) is 5.69 Å². The zero-order chi connectivity index (χ0) is 19.8. The highest BCUT2D eigenvalue weighted by Gasteiger charge is 2.25. The average molecular weight is 410 g/mol. The third-order valence-electron chi connectivity index (χ3n) is 5.68. The molecule has 7 nitrogen and oxygen atoms in total. The van der Waals surface area contributed by atoms with Crippen LogP contribution in [0.2, 0.25) is 0 Å². The molecule has 0 radical (unpaired) electrons. The van der Waals surface area contributed by atoms with Crippen LogP contribution in [0.5, 0.6) is 5.88 Å². The van der Waals surface area contributed by atoms with Crippen molar-refractivity contribution in [3.63, 3.8) is 0 Å². The Morgan fingerprint density at radius 2 is 2.00 bits per heavy atom.